The molecule has 0 unspecified atom stereocenters. The maximum atomic E-state index is 12.2. The highest BCUT2D eigenvalue weighted by molar-refractivity contribution is 8.18. The Balaban J connectivity index is 1.65. The summed E-state index contributed by atoms with van der Waals surface area (Å²) in [5.74, 6) is 0.654. The molecule has 0 bridgehead atoms. The lowest BCUT2D eigenvalue weighted by Gasteiger charge is -2.11. The van der Waals surface area contributed by atoms with Crippen LogP contribution in [0.4, 0.5) is 10.8 Å². The molecule has 1 amide bonds. The third-order valence-electron chi connectivity index (χ3n) is 3.87. The zero-order valence-corrected chi connectivity index (χ0v) is 17.7. The number of carbonyl (C=O) groups is 1. The standard InChI is InChI=1S/C19H23N5O2S2/c1-12-9-13(26-8-4-7-24(2)3)5-6-15(12)22-19-23-17(25)16(28-19)10-14-11-21-18(20)27-14/h5-6,9-11H,4,7-8H2,1-3H3,(H2,20,21)(H,22,23,25)/b16-10-. The van der Waals surface area contributed by atoms with Gasteiger partial charge in [-0.15, -0.1) is 0 Å². The SMILES string of the molecule is Cc1cc(OCCCN(C)C)ccc1N=C1NC(=O)/C(=C/c2cnc(N)s2)S1. The number of hydrogen-bond donors (Lipinski definition) is 2. The molecular weight excluding hydrogens is 394 g/mol. The molecule has 1 aromatic heterocycles. The number of nitrogens with zero attached hydrogens (tertiary/aromatic N) is 3. The van der Waals surface area contributed by atoms with Crippen LogP contribution in [0.15, 0.2) is 34.3 Å². The number of benzene rings is 1. The summed E-state index contributed by atoms with van der Waals surface area (Å²) < 4.78 is 5.79. The van der Waals surface area contributed by atoms with E-state index >= 15 is 0 Å². The molecule has 1 fully saturated rings. The van der Waals surface area contributed by atoms with E-state index in [9.17, 15) is 4.79 Å². The Bertz CT molecular complexity index is 921. The fourth-order valence-corrected chi connectivity index (χ4v) is 4.03. The topological polar surface area (TPSA) is 92.8 Å². The van der Waals surface area contributed by atoms with Crippen molar-refractivity contribution < 1.29 is 9.53 Å². The van der Waals surface area contributed by atoms with Crippen LogP contribution in [0.5, 0.6) is 5.75 Å². The molecule has 3 rings (SSSR count). The van der Waals surface area contributed by atoms with E-state index in [0.717, 1.165) is 34.8 Å². The van der Waals surface area contributed by atoms with Crippen molar-refractivity contribution in [3.05, 3.63) is 39.7 Å². The van der Waals surface area contributed by atoms with Gasteiger partial charge in [-0.1, -0.05) is 11.3 Å². The number of nitrogens with two attached hydrogens (primary N) is 1. The first-order chi connectivity index (χ1) is 13.4. The van der Waals surface area contributed by atoms with Gasteiger partial charge in [-0.05, 0) is 69.0 Å². The molecule has 7 nitrogen and oxygen atoms in total. The molecule has 9 heteroatoms. The summed E-state index contributed by atoms with van der Waals surface area (Å²) in [5.41, 5.74) is 7.42. The second kappa shape index (κ2) is 9.22. The number of hydrogen-bond acceptors (Lipinski definition) is 8. The van der Waals surface area contributed by atoms with Crippen molar-refractivity contribution in [3.8, 4) is 5.75 Å². The van der Waals surface area contributed by atoms with Crippen molar-refractivity contribution in [2.75, 3.05) is 33.0 Å². The van der Waals surface area contributed by atoms with Crippen LogP contribution in [0.2, 0.25) is 0 Å². The molecule has 28 heavy (non-hydrogen) atoms. The summed E-state index contributed by atoms with van der Waals surface area (Å²) in [5, 5.41) is 3.82. The van der Waals surface area contributed by atoms with Crippen molar-refractivity contribution in [3.63, 3.8) is 0 Å². The van der Waals surface area contributed by atoms with E-state index in [4.69, 9.17) is 10.5 Å². The molecule has 2 heterocycles. The Morgan fingerprint density at radius 3 is 2.89 bits per heavy atom. The monoisotopic (exact) mass is 417 g/mol. The van der Waals surface area contributed by atoms with E-state index in [-0.39, 0.29) is 5.91 Å². The molecule has 3 N–H and O–H groups in total. The van der Waals surface area contributed by atoms with Gasteiger partial charge in [0, 0.05) is 12.7 Å². The molecule has 2 aromatic rings. The number of amidine groups is 1. The minimum absolute atomic E-state index is 0.172. The number of aryl methyl sites for hydroxylation is 1. The van der Waals surface area contributed by atoms with Crippen molar-refractivity contribution in [1.82, 2.24) is 15.2 Å². The first-order valence-corrected chi connectivity index (χ1v) is 10.4. The first kappa shape index (κ1) is 20.4. The second-order valence-corrected chi connectivity index (χ2v) is 8.66. The lowest BCUT2D eigenvalue weighted by Crippen LogP contribution is -2.19. The van der Waals surface area contributed by atoms with Gasteiger partial charge in [0.1, 0.15) is 5.75 Å². The Hall–Kier alpha value is -2.36. The lowest BCUT2D eigenvalue weighted by molar-refractivity contribution is -0.115. The van der Waals surface area contributed by atoms with Gasteiger partial charge in [0.2, 0.25) is 0 Å². The van der Waals surface area contributed by atoms with Crippen LogP contribution >= 0.6 is 23.1 Å². The number of rotatable bonds is 7. The van der Waals surface area contributed by atoms with Crippen molar-refractivity contribution in [2.45, 2.75) is 13.3 Å². The van der Waals surface area contributed by atoms with Crippen LogP contribution in [0, 0.1) is 6.92 Å². The number of nitrogen functional groups attached to an aromatic ring is 1. The predicted molar refractivity (Wildman–Crippen MR) is 117 cm³/mol. The number of aromatic nitrogens is 1. The Morgan fingerprint density at radius 2 is 2.21 bits per heavy atom. The number of amides is 1. The number of ether oxygens (including phenoxy) is 1. The molecule has 0 radical (unpaired) electrons. The number of anilines is 1. The van der Waals surface area contributed by atoms with E-state index in [1.807, 2.05) is 39.2 Å². The minimum Gasteiger partial charge on any atom is -0.494 e. The third-order valence-corrected chi connectivity index (χ3v) is 5.56. The van der Waals surface area contributed by atoms with Crippen molar-refractivity contribution in [1.29, 1.82) is 0 Å². The van der Waals surface area contributed by atoms with E-state index in [1.54, 1.807) is 12.3 Å². The molecule has 0 atom stereocenters. The summed E-state index contributed by atoms with van der Waals surface area (Å²) in [6, 6.07) is 5.77. The maximum Gasteiger partial charge on any atom is 0.264 e. The van der Waals surface area contributed by atoms with E-state index in [2.05, 4.69) is 20.2 Å². The summed E-state index contributed by atoms with van der Waals surface area (Å²) in [4.78, 5) is 24.3. The smallest absolute Gasteiger partial charge is 0.264 e. The fourth-order valence-electron chi connectivity index (χ4n) is 2.50. The van der Waals surface area contributed by atoms with Gasteiger partial charge in [0.05, 0.1) is 22.1 Å². The van der Waals surface area contributed by atoms with Gasteiger partial charge < -0.3 is 20.7 Å². The molecular formula is C19H23N5O2S2. The van der Waals surface area contributed by atoms with Crippen molar-refractivity contribution >= 4 is 51.1 Å². The Morgan fingerprint density at radius 1 is 1.39 bits per heavy atom. The number of carbonyl (C=O) groups excluding carboxylic acids is 1. The van der Waals surface area contributed by atoms with Crippen LogP contribution in [-0.4, -0.2) is 48.2 Å². The van der Waals surface area contributed by atoms with Crippen LogP contribution in [-0.2, 0) is 4.79 Å². The van der Waals surface area contributed by atoms with Crippen LogP contribution in [0.25, 0.3) is 6.08 Å². The molecule has 0 spiro atoms. The number of nitrogens with one attached hydrogen (secondary N) is 1. The molecule has 1 aliphatic heterocycles. The van der Waals surface area contributed by atoms with Crippen molar-refractivity contribution in [2.24, 2.45) is 4.99 Å². The van der Waals surface area contributed by atoms with Crippen LogP contribution in [0.1, 0.15) is 16.9 Å². The second-order valence-electron chi connectivity index (χ2n) is 6.54. The molecule has 0 saturated carbocycles. The Kier molecular flexibility index (Phi) is 6.71. The minimum atomic E-state index is -0.172. The summed E-state index contributed by atoms with van der Waals surface area (Å²) in [7, 11) is 4.09. The van der Waals surface area contributed by atoms with Gasteiger partial charge in [0.25, 0.3) is 5.91 Å². The fraction of sp³-hybridized carbons (Fsp3) is 0.316. The molecule has 1 saturated heterocycles. The number of thioether (sulfide) groups is 1. The lowest BCUT2D eigenvalue weighted by atomic mass is 10.2. The predicted octanol–water partition coefficient (Wildman–Crippen LogP) is 3.26. The molecule has 1 aliphatic rings. The van der Waals surface area contributed by atoms with Gasteiger partial charge in [-0.3, -0.25) is 4.79 Å². The average Bonchev–Trinajstić information content (AvgIpc) is 3.19. The van der Waals surface area contributed by atoms with Gasteiger partial charge in [0.15, 0.2) is 10.3 Å². The maximum absolute atomic E-state index is 12.2. The van der Waals surface area contributed by atoms with Gasteiger partial charge >= 0.3 is 0 Å². The molecule has 148 valence electrons. The third kappa shape index (κ3) is 5.57. The van der Waals surface area contributed by atoms with Gasteiger partial charge in [-0.2, -0.15) is 0 Å². The zero-order valence-electron chi connectivity index (χ0n) is 16.1. The van der Waals surface area contributed by atoms with Crippen LogP contribution in [0.3, 0.4) is 0 Å². The highest BCUT2D eigenvalue weighted by atomic mass is 32.2. The largest absolute Gasteiger partial charge is 0.494 e. The number of aliphatic imine (C=N–C) groups is 1. The average molecular weight is 418 g/mol. The van der Waals surface area contributed by atoms with E-state index in [1.165, 1.54) is 23.1 Å². The molecule has 1 aromatic carbocycles. The highest BCUT2D eigenvalue weighted by Gasteiger charge is 2.24. The van der Waals surface area contributed by atoms with E-state index < -0.39 is 0 Å². The summed E-state index contributed by atoms with van der Waals surface area (Å²) in [6.07, 6.45) is 4.39. The normalized spacial score (nSPS) is 16.9. The zero-order chi connectivity index (χ0) is 20.1. The Labute approximate surface area is 172 Å². The quantitative estimate of drug-likeness (QED) is 0.531. The van der Waals surface area contributed by atoms with Crippen LogP contribution < -0.4 is 15.8 Å². The summed E-state index contributed by atoms with van der Waals surface area (Å²) >= 11 is 2.64. The number of thiazole rings is 1. The van der Waals surface area contributed by atoms with Gasteiger partial charge in [-0.25, -0.2) is 9.98 Å². The van der Waals surface area contributed by atoms with E-state index in [0.29, 0.717) is 21.8 Å². The molecule has 0 aliphatic carbocycles. The highest BCUT2D eigenvalue weighted by Crippen LogP contribution is 2.31. The first-order valence-electron chi connectivity index (χ1n) is 8.80. The summed E-state index contributed by atoms with van der Waals surface area (Å²) in [6.45, 7) is 3.64.